The van der Waals surface area contributed by atoms with E-state index >= 15 is 0 Å². The fourth-order valence-electron chi connectivity index (χ4n) is 2.03. The van der Waals surface area contributed by atoms with Crippen LogP contribution in [0, 0.1) is 0 Å². The summed E-state index contributed by atoms with van der Waals surface area (Å²) >= 11 is 4.98. The van der Waals surface area contributed by atoms with Crippen molar-refractivity contribution in [3.05, 3.63) is 20.8 Å². The molecule has 1 aliphatic rings. The number of nitrogens with two attached hydrogens (primary N) is 1. The zero-order chi connectivity index (χ0) is 11.5. The normalized spacial score (nSPS) is 24.6. The van der Waals surface area contributed by atoms with Gasteiger partial charge in [-0.1, -0.05) is 0 Å². The highest BCUT2D eigenvalue weighted by Gasteiger charge is 2.23. The van der Waals surface area contributed by atoms with Crippen molar-refractivity contribution >= 4 is 33.2 Å². The van der Waals surface area contributed by atoms with E-state index in [2.05, 4.69) is 21.2 Å². The molecule has 0 aliphatic heterocycles. The highest BCUT2D eigenvalue weighted by Crippen LogP contribution is 2.21. The van der Waals surface area contributed by atoms with Crippen LogP contribution in [0.15, 0.2) is 15.9 Å². The van der Waals surface area contributed by atoms with Gasteiger partial charge in [-0.2, -0.15) is 0 Å². The minimum atomic E-state index is 0.105. The standard InChI is InChI=1S/C11H15BrN2OS/c12-7-3-10(16-6-7)5-11(15)14-9-2-1-8(13)4-9/h3,6,8-9H,1-2,4-5,13H2,(H,14,15). The molecule has 1 aliphatic carbocycles. The number of carbonyl (C=O) groups is 1. The fourth-order valence-corrected chi connectivity index (χ4v) is 3.48. The van der Waals surface area contributed by atoms with Crippen molar-refractivity contribution in [1.29, 1.82) is 0 Å². The SMILES string of the molecule is NC1CCC(NC(=O)Cc2cc(Br)cs2)C1. The Morgan fingerprint density at radius 2 is 2.44 bits per heavy atom. The van der Waals surface area contributed by atoms with Crippen LogP contribution in [-0.2, 0) is 11.2 Å². The molecule has 0 spiro atoms. The maximum Gasteiger partial charge on any atom is 0.225 e. The van der Waals surface area contributed by atoms with E-state index in [1.807, 2.05) is 11.4 Å². The van der Waals surface area contributed by atoms with Gasteiger partial charge < -0.3 is 11.1 Å². The lowest BCUT2D eigenvalue weighted by molar-refractivity contribution is -0.121. The van der Waals surface area contributed by atoms with Crippen LogP contribution < -0.4 is 11.1 Å². The lowest BCUT2D eigenvalue weighted by Crippen LogP contribution is -2.34. The summed E-state index contributed by atoms with van der Waals surface area (Å²) in [6.07, 6.45) is 3.43. The molecule has 3 nitrogen and oxygen atoms in total. The summed E-state index contributed by atoms with van der Waals surface area (Å²) in [5, 5.41) is 5.03. The topological polar surface area (TPSA) is 55.1 Å². The van der Waals surface area contributed by atoms with Gasteiger partial charge in [0, 0.05) is 26.8 Å². The Morgan fingerprint density at radius 3 is 3.00 bits per heavy atom. The first-order chi connectivity index (χ1) is 7.63. The summed E-state index contributed by atoms with van der Waals surface area (Å²) in [5.41, 5.74) is 5.80. The summed E-state index contributed by atoms with van der Waals surface area (Å²) in [6.45, 7) is 0. The van der Waals surface area contributed by atoms with E-state index in [0.717, 1.165) is 28.6 Å². The van der Waals surface area contributed by atoms with E-state index in [1.165, 1.54) is 0 Å². The van der Waals surface area contributed by atoms with E-state index in [4.69, 9.17) is 5.73 Å². The number of nitrogens with one attached hydrogen (secondary N) is 1. The minimum Gasteiger partial charge on any atom is -0.353 e. The number of amides is 1. The maximum atomic E-state index is 11.7. The largest absolute Gasteiger partial charge is 0.353 e. The molecule has 1 aromatic rings. The average molecular weight is 303 g/mol. The molecule has 3 N–H and O–H groups in total. The van der Waals surface area contributed by atoms with Crippen LogP contribution in [0.3, 0.4) is 0 Å². The molecule has 16 heavy (non-hydrogen) atoms. The molecule has 0 bridgehead atoms. The van der Waals surface area contributed by atoms with Gasteiger partial charge in [0.15, 0.2) is 0 Å². The van der Waals surface area contributed by atoms with Gasteiger partial charge in [0.05, 0.1) is 6.42 Å². The first-order valence-corrected chi connectivity index (χ1v) is 7.08. The molecule has 1 heterocycles. The molecule has 0 radical (unpaired) electrons. The summed E-state index contributed by atoms with van der Waals surface area (Å²) in [5.74, 6) is 0.105. The molecule has 5 heteroatoms. The van der Waals surface area contributed by atoms with Crippen molar-refractivity contribution < 1.29 is 4.79 Å². The predicted molar refractivity (Wildman–Crippen MR) is 69.5 cm³/mol. The second kappa shape index (κ2) is 5.29. The highest BCUT2D eigenvalue weighted by atomic mass is 79.9. The van der Waals surface area contributed by atoms with Gasteiger partial charge in [0.1, 0.15) is 0 Å². The number of halogens is 1. The van der Waals surface area contributed by atoms with Crippen LogP contribution in [0.25, 0.3) is 0 Å². The van der Waals surface area contributed by atoms with Crippen LogP contribution in [0.5, 0.6) is 0 Å². The summed E-state index contributed by atoms with van der Waals surface area (Å²) in [6, 6.07) is 2.54. The van der Waals surface area contributed by atoms with Crippen molar-refractivity contribution in [3.63, 3.8) is 0 Å². The molecule has 1 aromatic heterocycles. The lowest BCUT2D eigenvalue weighted by Gasteiger charge is -2.11. The van der Waals surface area contributed by atoms with E-state index in [1.54, 1.807) is 11.3 Å². The van der Waals surface area contributed by atoms with Crippen molar-refractivity contribution in [2.75, 3.05) is 0 Å². The van der Waals surface area contributed by atoms with Gasteiger partial charge in [0.25, 0.3) is 0 Å². The molecule has 0 saturated heterocycles. The third kappa shape index (κ3) is 3.30. The van der Waals surface area contributed by atoms with E-state index in [9.17, 15) is 4.79 Å². The van der Waals surface area contributed by atoms with Crippen molar-refractivity contribution in [3.8, 4) is 0 Å². The minimum absolute atomic E-state index is 0.105. The number of hydrogen-bond donors (Lipinski definition) is 2. The molecular formula is C11H15BrN2OS. The molecule has 0 aromatic carbocycles. The van der Waals surface area contributed by atoms with Gasteiger partial charge in [-0.3, -0.25) is 4.79 Å². The first-order valence-electron chi connectivity index (χ1n) is 5.41. The highest BCUT2D eigenvalue weighted by molar-refractivity contribution is 9.10. The average Bonchev–Trinajstić information content (AvgIpc) is 2.76. The molecular weight excluding hydrogens is 288 g/mol. The number of carbonyl (C=O) groups excluding carboxylic acids is 1. The van der Waals surface area contributed by atoms with Gasteiger partial charge >= 0.3 is 0 Å². The molecule has 1 saturated carbocycles. The predicted octanol–water partition coefficient (Wildman–Crippen LogP) is 2.05. The third-order valence-electron chi connectivity index (χ3n) is 2.79. The molecule has 2 unspecified atom stereocenters. The van der Waals surface area contributed by atoms with Crippen LogP contribution >= 0.6 is 27.3 Å². The van der Waals surface area contributed by atoms with Gasteiger partial charge in [-0.05, 0) is 41.3 Å². The Morgan fingerprint density at radius 1 is 1.62 bits per heavy atom. The smallest absolute Gasteiger partial charge is 0.225 e. The van der Waals surface area contributed by atoms with E-state index < -0.39 is 0 Å². The Hall–Kier alpha value is -0.390. The van der Waals surface area contributed by atoms with Gasteiger partial charge in [-0.25, -0.2) is 0 Å². The third-order valence-corrected chi connectivity index (χ3v) is 4.49. The van der Waals surface area contributed by atoms with Crippen molar-refractivity contribution in [2.24, 2.45) is 5.73 Å². The van der Waals surface area contributed by atoms with Crippen molar-refractivity contribution in [1.82, 2.24) is 5.32 Å². The van der Waals surface area contributed by atoms with Crippen LogP contribution in [-0.4, -0.2) is 18.0 Å². The van der Waals surface area contributed by atoms with Gasteiger partial charge in [-0.15, -0.1) is 11.3 Å². The quantitative estimate of drug-likeness (QED) is 0.898. The molecule has 1 amide bonds. The summed E-state index contributed by atoms with van der Waals surface area (Å²) < 4.78 is 1.04. The lowest BCUT2D eigenvalue weighted by atomic mass is 10.2. The van der Waals surface area contributed by atoms with Crippen LogP contribution in [0.2, 0.25) is 0 Å². The maximum absolute atomic E-state index is 11.7. The fraction of sp³-hybridized carbons (Fsp3) is 0.545. The molecule has 2 atom stereocenters. The number of hydrogen-bond acceptors (Lipinski definition) is 3. The Balaban J connectivity index is 1.80. The zero-order valence-corrected chi connectivity index (χ0v) is 11.3. The second-order valence-corrected chi connectivity index (χ2v) is 6.16. The van der Waals surface area contributed by atoms with Crippen molar-refractivity contribution in [2.45, 2.75) is 37.8 Å². The zero-order valence-electron chi connectivity index (χ0n) is 8.91. The van der Waals surface area contributed by atoms with Gasteiger partial charge in [0.2, 0.25) is 5.91 Å². The Kier molecular flexibility index (Phi) is 4.00. The van der Waals surface area contributed by atoms with Crippen LogP contribution in [0.4, 0.5) is 0 Å². The molecule has 2 rings (SSSR count). The second-order valence-electron chi connectivity index (χ2n) is 4.25. The Bertz CT molecular complexity index is 380. The van der Waals surface area contributed by atoms with E-state index in [-0.39, 0.29) is 18.0 Å². The summed E-state index contributed by atoms with van der Waals surface area (Å²) in [7, 11) is 0. The number of rotatable bonds is 3. The first kappa shape index (κ1) is 12.1. The Labute approximate surface area is 108 Å². The number of thiophene rings is 1. The molecule has 88 valence electrons. The van der Waals surface area contributed by atoms with Crippen LogP contribution in [0.1, 0.15) is 24.1 Å². The van der Waals surface area contributed by atoms with E-state index in [0.29, 0.717) is 6.42 Å². The summed E-state index contributed by atoms with van der Waals surface area (Å²) in [4.78, 5) is 12.8. The monoisotopic (exact) mass is 302 g/mol. The molecule has 1 fully saturated rings.